The van der Waals surface area contributed by atoms with Crippen molar-refractivity contribution in [1.29, 1.82) is 0 Å². The third-order valence-corrected chi connectivity index (χ3v) is 4.74. The Morgan fingerprint density at radius 2 is 1.75 bits per heavy atom. The van der Waals surface area contributed by atoms with Crippen LogP contribution in [0.3, 0.4) is 0 Å². The number of sulfonamides is 1. The predicted octanol–water partition coefficient (Wildman–Crippen LogP) is 3.20. The quantitative estimate of drug-likeness (QED) is 0.854. The molecular formula is C15H19NO3S. The van der Waals surface area contributed by atoms with Gasteiger partial charge in [0.05, 0.1) is 4.90 Å². The molecule has 0 saturated carbocycles. The van der Waals surface area contributed by atoms with Crippen molar-refractivity contribution < 1.29 is 13.6 Å². The number of nitrogens with one attached hydrogen (secondary N) is 1. The highest BCUT2D eigenvalue weighted by Gasteiger charge is 2.24. The van der Waals surface area contributed by atoms with Crippen molar-refractivity contribution in [3.8, 4) is 11.1 Å². The van der Waals surface area contributed by atoms with Gasteiger partial charge in [-0.25, -0.2) is 8.42 Å². The SMILES string of the molecule is Cc1cc(S(=O)(=O)NO)c2c(C)ccc(C(C)C)cc1-2. The van der Waals surface area contributed by atoms with Crippen molar-refractivity contribution in [3.05, 3.63) is 41.0 Å². The molecule has 0 radical (unpaired) electrons. The molecule has 0 bridgehead atoms. The minimum Gasteiger partial charge on any atom is -0.302 e. The second-order valence-corrected chi connectivity index (χ2v) is 7.02. The number of hydrogen-bond acceptors (Lipinski definition) is 3. The zero-order valence-electron chi connectivity index (χ0n) is 12.1. The molecule has 0 heterocycles. The Morgan fingerprint density at radius 1 is 1.10 bits per heavy atom. The normalized spacial score (nSPS) is 12.3. The molecule has 0 aromatic heterocycles. The van der Waals surface area contributed by atoms with Gasteiger partial charge in [-0.2, -0.15) is 0 Å². The summed E-state index contributed by atoms with van der Waals surface area (Å²) in [5.74, 6) is 0.357. The van der Waals surface area contributed by atoms with Crippen LogP contribution < -0.4 is 4.89 Å². The first kappa shape index (κ1) is 15.0. The highest BCUT2D eigenvalue weighted by Crippen LogP contribution is 2.38. The van der Waals surface area contributed by atoms with Crippen LogP contribution in [0.25, 0.3) is 11.1 Å². The summed E-state index contributed by atoms with van der Waals surface area (Å²) in [5.41, 5.74) is 4.47. The first-order chi connectivity index (χ1) is 9.27. The van der Waals surface area contributed by atoms with Gasteiger partial charge in [0, 0.05) is 5.56 Å². The maximum atomic E-state index is 11.9. The molecule has 2 rings (SSSR count). The van der Waals surface area contributed by atoms with Crippen LogP contribution in [0.1, 0.15) is 36.5 Å². The second-order valence-electron chi connectivity index (χ2n) is 5.39. The third-order valence-electron chi connectivity index (χ3n) is 3.60. The van der Waals surface area contributed by atoms with Crippen molar-refractivity contribution in [2.45, 2.75) is 38.5 Å². The van der Waals surface area contributed by atoms with Crippen LogP contribution >= 0.6 is 0 Å². The van der Waals surface area contributed by atoms with Crippen LogP contribution in [0.5, 0.6) is 0 Å². The van der Waals surface area contributed by atoms with Crippen molar-refractivity contribution in [3.63, 3.8) is 0 Å². The van der Waals surface area contributed by atoms with Crippen LogP contribution in [-0.4, -0.2) is 13.6 Å². The zero-order chi connectivity index (χ0) is 15.1. The minimum atomic E-state index is -3.88. The van der Waals surface area contributed by atoms with E-state index in [1.54, 1.807) is 6.07 Å². The lowest BCUT2D eigenvalue weighted by molar-refractivity contribution is 0.242. The Morgan fingerprint density at radius 3 is 2.30 bits per heavy atom. The van der Waals surface area contributed by atoms with E-state index >= 15 is 0 Å². The zero-order valence-corrected chi connectivity index (χ0v) is 12.9. The van der Waals surface area contributed by atoms with Gasteiger partial charge in [0.25, 0.3) is 10.0 Å². The van der Waals surface area contributed by atoms with Gasteiger partial charge in [-0.15, -0.1) is 0 Å². The van der Waals surface area contributed by atoms with E-state index < -0.39 is 10.0 Å². The molecule has 0 unspecified atom stereocenters. The maximum Gasteiger partial charge on any atom is 0.262 e. The number of fused-ring (bicyclic) bond motifs is 1. The van der Waals surface area contributed by atoms with Crippen molar-refractivity contribution in [2.24, 2.45) is 0 Å². The monoisotopic (exact) mass is 293 g/mol. The van der Waals surface area contributed by atoms with Gasteiger partial charge >= 0.3 is 0 Å². The number of aryl methyl sites for hydroxylation is 2. The molecule has 2 aliphatic rings. The molecule has 2 N–H and O–H groups in total. The summed E-state index contributed by atoms with van der Waals surface area (Å²) in [6.45, 7) is 7.95. The van der Waals surface area contributed by atoms with Crippen molar-refractivity contribution >= 4 is 10.0 Å². The average Bonchev–Trinajstić information content (AvgIpc) is 2.60. The second kappa shape index (κ2) is 5.16. The van der Waals surface area contributed by atoms with Crippen LogP contribution in [0.4, 0.5) is 0 Å². The Balaban J connectivity index is 2.83. The van der Waals surface area contributed by atoms with Gasteiger partial charge in [0.2, 0.25) is 0 Å². The molecule has 20 heavy (non-hydrogen) atoms. The Kier molecular flexibility index (Phi) is 3.86. The lowest BCUT2D eigenvalue weighted by Gasteiger charge is -2.05. The summed E-state index contributed by atoms with van der Waals surface area (Å²) in [7, 11) is -3.88. The van der Waals surface area contributed by atoms with E-state index in [2.05, 4.69) is 13.8 Å². The summed E-state index contributed by atoms with van der Waals surface area (Å²) in [5, 5.41) is 8.87. The predicted molar refractivity (Wildman–Crippen MR) is 78.7 cm³/mol. The van der Waals surface area contributed by atoms with Gasteiger partial charge in [0.15, 0.2) is 0 Å². The number of hydrogen-bond donors (Lipinski definition) is 2. The molecule has 2 aliphatic carbocycles. The van der Waals surface area contributed by atoms with Crippen LogP contribution in [-0.2, 0) is 10.0 Å². The van der Waals surface area contributed by atoms with E-state index in [4.69, 9.17) is 5.21 Å². The standard InChI is InChI=1S/C15H19NO3S/c1-9(2)12-6-5-10(3)15-13(8-12)11(4)7-14(15)20(18,19)16-17/h5-9,16-17H,1-4H3. The smallest absolute Gasteiger partial charge is 0.262 e. The summed E-state index contributed by atoms with van der Waals surface area (Å²) < 4.78 is 23.9. The van der Waals surface area contributed by atoms with E-state index in [1.165, 1.54) is 4.89 Å². The summed E-state index contributed by atoms with van der Waals surface area (Å²) in [6.07, 6.45) is 0. The van der Waals surface area contributed by atoms with Crippen molar-refractivity contribution in [2.75, 3.05) is 0 Å². The van der Waals surface area contributed by atoms with Crippen LogP contribution in [0.15, 0.2) is 29.2 Å². The molecule has 0 amide bonds. The Hall–Kier alpha value is -1.43. The van der Waals surface area contributed by atoms with Gasteiger partial charge < -0.3 is 5.21 Å². The fourth-order valence-corrected chi connectivity index (χ4v) is 3.38. The highest BCUT2D eigenvalue weighted by molar-refractivity contribution is 7.89. The fourth-order valence-electron chi connectivity index (χ4n) is 2.41. The third kappa shape index (κ3) is 2.44. The Labute approximate surface area is 119 Å². The molecule has 0 aromatic carbocycles. The number of rotatable bonds is 3. The van der Waals surface area contributed by atoms with E-state index in [-0.39, 0.29) is 4.90 Å². The van der Waals surface area contributed by atoms with Gasteiger partial charge in [-0.1, -0.05) is 36.9 Å². The largest absolute Gasteiger partial charge is 0.302 e. The lowest BCUT2D eigenvalue weighted by atomic mass is 10.0. The van der Waals surface area contributed by atoms with Gasteiger partial charge in [-0.3, -0.25) is 0 Å². The van der Waals surface area contributed by atoms with Crippen LogP contribution in [0.2, 0.25) is 0 Å². The molecule has 0 aromatic rings. The van der Waals surface area contributed by atoms with E-state index in [0.717, 1.165) is 22.3 Å². The molecule has 108 valence electrons. The summed E-state index contributed by atoms with van der Waals surface area (Å²) in [6, 6.07) is 7.56. The molecule has 5 heteroatoms. The highest BCUT2D eigenvalue weighted by atomic mass is 32.2. The van der Waals surface area contributed by atoms with Crippen molar-refractivity contribution in [1.82, 2.24) is 4.89 Å². The molecule has 4 nitrogen and oxygen atoms in total. The molecule has 0 aliphatic heterocycles. The minimum absolute atomic E-state index is 0.121. The first-order valence-electron chi connectivity index (χ1n) is 6.47. The summed E-state index contributed by atoms with van der Waals surface area (Å²) in [4.78, 5) is 1.53. The molecule has 0 saturated heterocycles. The molecular weight excluding hydrogens is 274 g/mol. The van der Waals surface area contributed by atoms with Gasteiger partial charge in [-0.05, 0) is 48.1 Å². The maximum absolute atomic E-state index is 11.9. The molecule has 0 spiro atoms. The topological polar surface area (TPSA) is 66.4 Å². The molecule has 0 fully saturated rings. The Bertz CT molecular complexity index is 720. The lowest BCUT2D eigenvalue weighted by Crippen LogP contribution is -2.19. The first-order valence-corrected chi connectivity index (χ1v) is 7.96. The fraction of sp³-hybridized carbons (Fsp3) is 0.333. The van der Waals surface area contributed by atoms with E-state index in [9.17, 15) is 8.42 Å². The molecule has 0 atom stereocenters. The average molecular weight is 293 g/mol. The summed E-state index contributed by atoms with van der Waals surface area (Å²) >= 11 is 0. The van der Waals surface area contributed by atoms with Crippen LogP contribution in [0, 0.1) is 13.8 Å². The van der Waals surface area contributed by atoms with E-state index in [1.807, 2.05) is 32.0 Å². The van der Waals surface area contributed by atoms with E-state index in [0.29, 0.717) is 11.5 Å². The van der Waals surface area contributed by atoms with Gasteiger partial charge in [0.1, 0.15) is 0 Å².